The molecule has 18 heavy (non-hydrogen) atoms. The summed E-state index contributed by atoms with van der Waals surface area (Å²) in [7, 11) is 1.87. The standard InChI is InChI=1S/C13H16BrN3O/c1-7(2)11-8(3)16-12(17-13(11)15-4)9-5-6-10(14)18-9/h5-7H,1-4H3,(H,15,16,17). The Hall–Kier alpha value is -1.36. The molecule has 0 aliphatic rings. The van der Waals surface area contributed by atoms with Crippen LogP contribution in [-0.4, -0.2) is 17.0 Å². The number of aryl methyl sites for hydroxylation is 1. The number of anilines is 1. The van der Waals surface area contributed by atoms with Crippen molar-refractivity contribution in [1.29, 1.82) is 0 Å². The fraction of sp³-hybridized carbons (Fsp3) is 0.385. The smallest absolute Gasteiger partial charge is 0.197 e. The van der Waals surface area contributed by atoms with Crippen LogP contribution in [0.5, 0.6) is 0 Å². The third kappa shape index (κ3) is 2.41. The number of furan rings is 1. The van der Waals surface area contributed by atoms with Gasteiger partial charge in [-0.2, -0.15) is 0 Å². The van der Waals surface area contributed by atoms with E-state index >= 15 is 0 Å². The van der Waals surface area contributed by atoms with E-state index in [-0.39, 0.29) is 0 Å². The van der Waals surface area contributed by atoms with Gasteiger partial charge in [0.2, 0.25) is 0 Å². The van der Waals surface area contributed by atoms with E-state index in [1.54, 1.807) is 0 Å². The highest BCUT2D eigenvalue weighted by molar-refractivity contribution is 9.10. The molecule has 0 amide bonds. The second kappa shape index (κ2) is 5.10. The highest BCUT2D eigenvalue weighted by atomic mass is 79.9. The fourth-order valence-corrected chi connectivity index (χ4v) is 2.31. The van der Waals surface area contributed by atoms with Crippen LogP contribution in [0.25, 0.3) is 11.6 Å². The summed E-state index contributed by atoms with van der Waals surface area (Å²) in [4.78, 5) is 9.04. The Kier molecular flexibility index (Phi) is 3.71. The summed E-state index contributed by atoms with van der Waals surface area (Å²) in [6.45, 7) is 6.27. The third-order valence-corrected chi connectivity index (χ3v) is 3.17. The van der Waals surface area contributed by atoms with Crippen LogP contribution in [0.2, 0.25) is 0 Å². The first kappa shape index (κ1) is 13.1. The number of aromatic nitrogens is 2. The summed E-state index contributed by atoms with van der Waals surface area (Å²) in [5, 5.41) is 3.13. The summed E-state index contributed by atoms with van der Waals surface area (Å²) in [6.07, 6.45) is 0. The predicted octanol–water partition coefficient (Wildman–Crippen LogP) is 3.97. The maximum atomic E-state index is 5.49. The summed E-state index contributed by atoms with van der Waals surface area (Å²) in [5.41, 5.74) is 2.12. The average molecular weight is 310 g/mol. The Morgan fingerprint density at radius 2 is 2.00 bits per heavy atom. The lowest BCUT2D eigenvalue weighted by Crippen LogP contribution is -2.06. The minimum Gasteiger partial charge on any atom is -0.446 e. The van der Waals surface area contributed by atoms with Crippen molar-refractivity contribution in [2.24, 2.45) is 0 Å². The molecule has 0 saturated carbocycles. The molecule has 2 aromatic rings. The van der Waals surface area contributed by atoms with Crippen molar-refractivity contribution in [3.63, 3.8) is 0 Å². The SMILES string of the molecule is CNc1nc(-c2ccc(Br)o2)nc(C)c1C(C)C. The number of hydrogen-bond donors (Lipinski definition) is 1. The lowest BCUT2D eigenvalue weighted by Gasteiger charge is -2.14. The van der Waals surface area contributed by atoms with Gasteiger partial charge in [-0.15, -0.1) is 0 Å². The van der Waals surface area contributed by atoms with E-state index in [4.69, 9.17) is 4.42 Å². The van der Waals surface area contributed by atoms with E-state index in [0.717, 1.165) is 17.1 Å². The van der Waals surface area contributed by atoms with E-state index in [1.165, 1.54) is 0 Å². The van der Waals surface area contributed by atoms with Gasteiger partial charge in [-0.3, -0.25) is 0 Å². The van der Waals surface area contributed by atoms with Crippen LogP contribution in [0.3, 0.4) is 0 Å². The van der Waals surface area contributed by atoms with E-state index < -0.39 is 0 Å². The predicted molar refractivity (Wildman–Crippen MR) is 75.8 cm³/mol. The first-order valence-electron chi connectivity index (χ1n) is 5.85. The molecule has 0 aromatic carbocycles. The van der Waals surface area contributed by atoms with Gasteiger partial charge in [-0.1, -0.05) is 13.8 Å². The van der Waals surface area contributed by atoms with Gasteiger partial charge in [-0.05, 0) is 40.9 Å². The van der Waals surface area contributed by atoms with E-state index in [2.05, 4.69) is 45.1 Å². The van der Waals surface area contributed by atoms with E-state index in [9.17, 15) is 0 Å². The number of nitrogens with one attached hydrogen (secondary N) is 1. The van der Waals surface area contributed by atoms with Crippen LogP contribution >= 0.6 is 15.9 Å². The van der Waals surface area contributed by atoms with Crippen molar-refractivity contribution in [3.05, 3.63) is 28.1 Å². The second-order valence-corrected chi connectivity index (χ2v) is 5.18. The number of rotatable bonds is 3. The zero-order chi connectivity index (χ0) is 13.3. The zero-order valence-electron chi connectivity index (χ0n) is 10.9. The normalized spacial score (nSPS) is 11.0. The molecule has 96 valence electrons. The molecule has 0 bridgehead atoms. The van der Waals surface area contributed by atoms with Crippen molar-refractivity contribution < 1.29 is 4.42 Å². The molecule has 2 aromatic heterocycles. The van der Waals surface area contributed by atoms with Crippen LogP contribution in [-0.2, 0) is 0 Å². The number of hydrogen-bond acceptors (Lipinski definition) is 4. The Morgan fingerprint density at radius 1 is 1.28 bits per heavy atom. The average Bonchev–Trinajstić information content (AvgIpc) is 2.74. The fourth-order valence-electron chi connectivity index (χ4n) is 2.01. The van der Waals surface area contributed by atoms with E-state index in [0.29, 0.717) is 22.2 Å². The van der Waals surface area contributed by atoms with Gasteiger partial charge < -0.3 is 9.73 Å². The highest BCUT2D eigenvalue weighted by Crippen LogP contribution is 2.29. The lowest BCUT2D eigenvalue weighted by molar-refractivity contribution is 0.551. The number of halogens is 1. The van der Waals surface area contributed by atoms with Gasteiger partial charge in [0.25, 0.3) is 0 Å². The minimum absolute atomic E-state index is 0.379. The molecule has 0 saturated heterocycles. The Labute approximate surface area is 115 Å². The molecule has 0 atom stereocenters. The first-order chi connectivity index (χ1) is 8.52. The van der Waals surface area contributed by atoms with Crippen LogP contribution in [0.1, 0.15) is 31.0 Å². The highest BCUT2D eigenvalue weighted by Gasteiger charge is 2.16. The van der Waals surface area contributed by atoms with Crippen LogP contribution in [0, 0.1) is 6.92 Å². The maximum absolute atomic E-state index is 5.49. The molecule has 2 heterocycles. The largest absolute Gasteiger partial charge is 0.446 e. The van der Waals surface area contributed by atoms with Crippen molar-refractivity contribution in [2.75, 3.05) is 12.4 Å². The zero-order valence-corrected chi connectivity index (χ0v) is 12.5. The molecule has 0 spiro atoms. The quantitative estimate of drug-likeness (QED) is 0.932. The minimum atomic E-state index is 0.379. The third-order valence-electron chi connectivity index (χ3n) is 2.74. The molecular weight excluding hydrogens is 294 g/mol. The molecular formula is C13H16BrN3O. The molecule has 0 aliphatic heterocycles. The number of nitrogens with zero attached hydrogens (tertiary/aromatic N) is 2. The summed E-state index contributed by atoms with van der Waals surface area (Å²) in [5.74, 6) is 2.51. The summed E-state index contributed by atoms with van der Waals surface area (Å²) in [6, 6.07) is 3.69. The molecule has 0 aliphatic carbocycles. The second-order valence-electron chi connectivity index (χ2n) is 4.40. The van der Waals surface area contributed by atoms with Gasteiger partial charge in [-0.25, -0.2) is 9.97 Å². The topological polar surface area (TPSA) is 51.0 Å². The molecule has 5 heteroatoms. The molecule has 0 fully saturated rings. The van der Waals surface area contributed by atoms with Crippen LogP contribution in [0.15, 0.2) is 21.2 Å². The van der Waals surface area contributed by atoms with Crippen molar-refractivity contribution in [2.45, 2.75) is 26.7 Å². The van der Waals surface area contributed by atoms with Crippen molar-refractivity contribution >= 4 is 21.7 Å². The monoisotopic (exact) mass is 309 g/mol. The summed E-state index contributed by atoms with van der Waals surface area (Å²) < 4.78 is 6.17. The lowest BCUT2D eigenvalue weighted by atomic mass is 10.0. The van der Waals surface area contributed by atoms with Crippen molar-refractivity contribution in [1.82, 2.24) is 9.97 Å². The molecule has 4 nitrogen and oxygen atoms in total. The van der Waals surface area contributed by atoms with Gasteiger partial charge in [0, 0.05) is 18.3 Å². The Morgan fingerprint density at radius 3 is 2.50 bits per heavy atom. The molecule has 0 unspecified atom stereocenters. The first-order valence-corrected chi connectivity index (χ1v) is 6.64. The summed E-state index contributed by atoms with van der Waals surface area (Å²) >= 11 is 3.28. The van der Waals surface area contributed by atoms with Gasteiger partial charge in [0.15, 0.2) is 16.3 Å². The van der Waals surface area contributed by atoms with Gasteiger partial charge in [0.1, 0.15) is 5.82 Å². The molecule has 2 rings (SSSR count). The van der Waals surface area contributed by atoms with Gasteiger partial charge in [0.05, 0.1) is 0 Å². The van der Waals surface area contributed by atoms with E-state index in [1.807, 2.05) is 26.1 Å². The molecule has 0 radical (unpaired) electrons. The Balaban J connectivity index is 2.55. The van der Waals surface area contributed by atoms with Crippen LogP contribution < -0.4 is 5.32 Å². The molecule has 1 N–H and O–H groups in total. The van der Waals surface area contributed by atoms with Gasteiger partial charge >= 0.3 is 0 Å². The maximum Gasteiger partial charge on any atom is 0.197 e. The Bertz CT molecular complexity index is 563. The van der Waals surface area contributed by atoms with Crippen LogP contribution in [0.4, 0.5) is 5.82 Å². The van der Waals surface area contributed by atoms with Crippen molar-refractivity contribution in [3.8, 4) is 11.6 Å².